The number of nitrogens with one attached hydrogen (secondary N) is 1. The van der Waals surface area contributed by atoms with E-state index in [0.29, 0.717) is 6.54 Å². The predicted molar refractivity (Wildman–Crippen MR) is 99.3 cm³/mol. The van der Waals surface area contributed by atoms with Crippen LogP contribution in [-0.4, -0.2) is 35.3 Å². The van der Waals surface area contributed by atoms with E-state index in [9.17, 15) is 14.4 Å². The number of carbonyl (C=O) groups excluding carboxylic acids is 3. The van der Waals surface area contributed by atoms with Gasteiger partial charge in [-0.25, -0.2) is 0 Å². The summed E-state index contributed by atoms with van der Waals surface area (Å²) in [5.74, 6) is -0.774. The number of rotatable bonds is 7. The van der Waals surface area contributed by atoms with E-state index in [0.717, 1.165) is 11.1 Å². The Hall–Kier alpha value is -3.15. The lowest BCUT2D eigenvalue weighted by Crippen LogP contribution is -2.57. The second-order valence-electron chi connectivity index (χ2n) is 6.48. The summed E-state index contributed by atoms with van der Waals surface area (Å²) < 4.78 is 5.23. The average Bonchev–Trinajstić information content (AvgIpc) is 2.69. The highest BCUT2D eigenvalue weighted by atomic mass is 16.5. The molecule has 0 aliphatic carbocycles. The molecule has 6 heteroatoms. The zero-order valence-electron chi connectivity index (χ0n) is 15.0. The highest BCUT2D eigenvalue weighted by molar-refractivity contribution is 5.95. The molecule has 2 aromatic carbocycles. The molecule has 1 fully saturated rings. The molecule has 140 valence electrons. The van der Waals surface area contributed by atoms with Gasteiger partial charge in [-0.15, -0.1) is 0 Å². The van der Waals surface area contributed by atoms with Crippen LogP contribution in [0, 0.1) is 0 Å². The van der Waals surface area contributed by atoms with E-state index in [1.165, 1.54) is 4.90 Å². The lowest BCUT2D eigenvalue weighted by molar-refractivity contribution is -0.148. The maximum absolute atomic E-state index is 12.6. The summed E-state index contributed by atoms with van der Waals surface area (Å²) in [4.78, 5) is 38.1. The maximum atomic E-state index is 12.6. The molecule has 0 spiro atoms. The number of benzene rings is 2. The van der Waals surface area contributed by atoms with Crippen molar-refractivity contribution in [3.8, 4) is 0 Å². The highest BCUT2D eigenvalue weighted by Gasteiger charge is 2.32. The summed E-state index contributed by atoms with van der Waals surface area (Å²) >= 11 is 0. The Balaban J connectivity index is 1.50. The molecule has 1 unspecified atom stereocenters. The van der Waals surface area contributed by atoms with Gasteiger partial charge in [-0.3, -0.25) is 14.4 Å². The van der Waals surface area contributed by atoms with Crippen LogP contribution in [0.25, 0.3) is 0 Å². The van der Waals surface area contributed by atoms with E-state index in [2.05, 4.69) is 5.32 Å². The lowest BCUT2D eigenvalue weighted by Gasteiger charge is -2.32. The van der Waals surface area contributed by atoms with Crippen molar-refractivity contribution < 1.29 is 19.1 Å². The minimum absolute atomic E-state index is 0.0304. The first kappa shape index (κ1) is 18.6. The fourth-order valence-corrected chi connectivity index (χ4v) is 2.98. The van der Waals surface area contributed by atoms with Crippen LogP contribution in [0.5, 0.6) is 0 Å². The number of amides is 2. The van der Waals surface area contributed by atoms with Gasteiger partial charge in [0.15, 0.2) is 0 Å². The number of nitrogens with zero attached hydrogens (tertiary/aromatic N) is 1. The number of hydrogen-bond acceptors (Lipinski definition) is 4. The first-order valence-corrected chi connectivity index (χ1v) is 8.93. The van der Waals surface area contributed by atoms with Gasteiger partial charge < -0.3 is 15.0 Å². The Morgan fingerprint density at radius 1 is 1.00 bits per heavy atom. The Kier molecular flexibility index (Phi) is 6.20. The Labute approximate surface area is 158 Å². The van der Waals surface area contributed by atoms with E-state index >= 15 is 0 Å². The second-order valence-corrected chi connectivity index (χ2v) is 6.48. The summed E-state index contributed by atoms with van der Waals surface area (Å²) in [6.45, 7) is 0.607. The van der Waals surface area contributed by atoms with Gasteiger partial charge >= 0.3 is 5.97 Å². The molecule has 1 saturated heterocycles. The minimum Gasteiger partial charge on any atom is -0.461 e. The Morgan fingerprint density at radius 2 is 1.63 bits per heavy atom. The molecular formula is C21H22N2O4. The smallest absolute Gasteiger partial charge is 0.306 e. The lowest BCUT2D eigenvalue weighted by atomic mass is 10.1. The SMILES string of the molecule is O=C1CN(Cc2ccccc2)C(=O)C(CCC(=O)OCc2ccccc2)N1. The van der Waals surface area contributed by atoms with Crippen LogP contribution in [0.4, 0.5) is 0 Å². The minimum atomic E-state index is -0.695. The Morgan fingerprint density at radius 3 is 2.30 bits per heavy atom. The molecule has 3 rings (SSSR count). The van der Waals surface area contributed by atoms with Gasteiger partial charge in [-0.05, 0) is 17.5 Å². The van der Waals surface area contributed by atoms with Gasteiger partial charge in [0.05, 0.1) is 6.54 Å². The first-order valence-electron chi connectivity index (χ1n) is 8.93. The second kappa shape index (κ2) is 8.98. The molecule has 0 aromatic heterocycles. The van der Waals surface area contributed by atoms with E-state index in [-0.39, 0.29) is 43.8 Å². The van der Waals surface area contributed by atoms with Crippen molar-refractivity contribution >= 4 is 17.8 Å². The van der Waals surface area contributed by atoms with E-state index < -0.39 is 6.04 Å². The largest absolute Gasteiger partial charge is 0.461 e. The fraction of sp³-hybridized carbons (Fsp3) is 0.286. The van der Waals surface area contributed by atoms with Crippen LogP contribution < -0.4 is 5.32 Å². The number of esters is 1. The summed E-state index contributed by atoms with van der Waals surface area (Å²) in [5, 5.41) is 2.67. The molecular weight excluding hydrogens is 344 g/mol. The van der Waals surface area contributed by atoms with Crippen molar-refractivity contribution in [2.75, 3.05) is 6.54 Å². The molecule has 1 atom stereocenters. The van der Waals surface area contributed by atoms with Crippen molar-refractivity contribution in [3.63, 3.8) is 0 Å². The van der Waals surface area contributed by atoms with Gasteiger partial charge in [0.2, 0.25) is 11.8 Å². The number of piperazine rings is 1. The molecule has 0 bridgehead atoms. The molecule has 6 nitrogen and oxygen atoms in total. The Bertz CT molecular complexity index is 792. The van der Waals surface area contributed by atoms with E-state index in [1.54, 1.807) is 0 Å². The number of hydrogen-bond donors (Lipinski definition) is 1. The van der Waals surface area contributed by atoms with Crippen molar-refractivity contribution in [3.05, 3.63) is 71.8 Å². The molecule has 1 N–H and O–H groups in total. The van der Waals surface area contributed by atoms with Crippen LogP contribution in [-0.2, 0) is 32.3 Å². The molecule has 1 aliphatic rings. The third-order valence-electron chi connectivity index (χ3n) is 4.38. The third kappa shape index (κ3) is 5.41. The third-order valence-corrected chi connectivity index (χ3v) is 4.38. The zero-order valence-corrected chi connectivity index (χ0v) is 15.0. The summed E-state index contributed by atoms with van der Waals surface area (Å²) in [5.41, 5.74) is 1.86. The summed E-state index contributed by atoms with van der Waals surface area (Å²) in [6.07, 6.45) is 0.298. The van der Waals surface area contributed by atoms with Gasteiger partial charge in [0, 0.05) is 13.0 Å². The quantitative estimate of drug-likeness (QED) is 0.761. The van der Waals surface area contributed by atoms with Crippen LogP contribution in [0.1, 0.15) is 24.0 Å². The summed E-state index contributed by atoms with van der Waals surface area (Å²) in [6, 6.07) is 18.2. The topological polar surface area (TPSA) is 75.7 Å². The molecule has 1 heterocycles. The average molecular weight is 366 g/mol. The molecule has 2 amide bonds. The zero-order chi connectivity index (χ0) is 19.1. The first-order chi connectivity index (χ1) is 13.1. The molecule has 2 aromatic rings. The highest BCUT2D eigenvalue weighted by Crippen LogP contribution is 2.13. The van der Waals surface area contributed by atoms with Gasteiger partial charge in [-0.1, -0.05) is 60.7 Å². The van der Waals surface area contributed by atoms with Crippen LogP contribution in [0.2, 0.25) is 0 Å². The van der Waals surface area contributed by atoms with Crippen LogP contribution in [0.3, 0.4) is 0 Å². The summed E-state index contributed by atoms with van der Waals surface area (Å²) in [7, 11) is 0. The number of carbonyl (C=O) groups is 3. The van der Waals surface area contributed by atoms with Gasteiger partial charge in [-0.2, -0.15) is 0 Å². The van der Waals surface area contributed by atoms with Crippen molar-refractivity contribution in [1.29, 1.82) is 0 Å². The molecule has 0 saturated carbocycles. The molecule has 1 aliphatic heterocycles. The van der Waals surface area contributed by atoms with Crippen molar-refractivity contribution in [1.82, 2.24) is 10.2 Å². The fourth-order valence-electron chi connectivity index (χ4n) is 2.98. The van der Waals surface area contributed by atoms with Crippen LogP contribution >= 0.6 is 0 Å². The monoisotopic (exact) mass is 366 g/mol. The normalized spacial score (nSPS) is 16.7. The molecule has 27 heavy (non-hydrogen) atoms. The van der Waals surface area contributed by atoms with E-state index in [1.807, 2.05) is 60.7 Å². The van der Waals surface area contributed by atoms with E-state index in [4.69, 9.17) is 4.74 Å². The van der Waals surface area contributed by atoms with Gasteiger partial charge in [0.1, 0.15) is 12.6 Å². The van der Waals surface area contributed by atoms with Crippen LogP contribution in [0.15, 0.2) is 60.7 Å². The standard InChI is InChI=1S/C21H22N2O4/c24-19-14-23(13-16-7-3-1-4-8-16)21(26)18(22-19)11-12-20(25)27-15-17-9-5-2-6-10-17/h1-10,18H,11-15H2,(H,22,24). The van der Waals surface area contributed by atoms with Crippen molar-refractivity contribution in [2.45, 2.75) is 32.0 Å². The predicted octanol–water partition coefficient (Wildman–Crippen LogP) is 2.04. The molecule has 0 radical (unpaired) electrons. The van der Waals surface area contributed by atoms with Crippen molar-refractivity contribution in [2.24, 2.45) is 0 Å². The number of ether oxygens (including phenoxy) is 1. The van der Waals surface area contributed by atoms with Gasteiger partial charge in [0.25, 0.3) is 0 Å². The maximum Gasteiger partial charge on any atom is 0.306 e.